The summed E-state index contributed by atoms with van der Waals surface area (Å²) < 4.78 is 9.01. The third kappa shape index (κ3) is 12.6. The van der Waals surface area contributed by atoms with Crippen LogP contribution < -0.4 is 10.6 Å². The maximum Gasteiger partial charge on any atom is 0.309 e. The van der Waals surface area contributed by atoms with Gasteiger partial charge in [-0.3, -0.25) is 19.2 Å². The fourth-order valence-electron chi connectivity index (χ4n) is 1.46. The van der Waals surface area contributed by atoms with Gasteiger partial charge in [0, 0.05) is 13.1 Å². The summed E-state index contributed by atoms with van der Waals surface area (Å²) in [6.45, 7) is 2.21. The molecule has 8 heteroatoms. The Morgan fingerprint density at radius 1 is 0.714 bits per heavy atom. The number of nitrogens with one attached hydrogen (secondary N) is 2. The summed E-state index contributed by atoms with van der Waals surface area (Å²) in [5, 5.41) is 4.98. The van der Waals surface area contributed by atoms with E-state index in [-0.39, 0.29) is 0 Å². The zero-order chi connectivity index (χ0) is 15.8. The van der Waals surface area contributed by atoms with Crippen molar-refractivity contribution in [3.8, 4) is 0 Å². The number of carbonyl (C=O) groups excluding carboxylic acids is 4. The van der Waals surface area contributed by atoms with Gasteiger partial charge in [0.15, 0.2) is 0 Å². The Morgan fingerprint density at radius 3 is 1.62 bits per heavy atom. The van der Waals surface area contributed by atoms with Gasteiger partial charge in [0.25, 0.3) is 12.9 Å². The smallest absolute Gasteiger partial charge is 0.309 e. The average molecular weight is 302 g/mol. The summed E-state index contributed by atoms with van der Waals surface area (Å²) in [5.41, 5.74) is 0. The van der Waals surface area contributed by atoms with Crippen LogP contribution in [-0.4, -0.2) is 51.1 Å². The van der Waals surface area contributed by atoms with Gasteiger partial charge < -0.3 is 20.1 Å². The van der Waals surface area contributed by atoms with Crippen LogP contribution in [0.1, 0.15) is 32.1 Å². The Kier molecular flexibility index (Phi) is 12.8. The van der Waals surface area contributed by atoms with Crippen LogP contribution in [0.25, 0.3) is 0 Å². The lowest BCUT2D eigenvalue weighted by Crippen LogP contribution is -2.40. The van der Waals surface area contributed by atoms with Crippen molar-refractivity contribution >= 4 is 24.8 Å². The second kappa shape index (κ2) is 14.3. The van der Waals surface area contributed by atoms with E-state index in [2.05, 4.69) is 20.1 Å². The van der Waals surface area contributed by atoms with Gasteiger partial charge in [-0.1, -0.05) is 0 Å². The first-order valence-corrected chi connectivity index (χ1v) is 6.89. The predicted octanol–water partition coefficient (Wildman–Crippen LogP) is -0.485. The van der Waals surface area contributed by atoms with E-state index in [9.17, 15) is 19.2 Å². The molecule has 120 valence electrons. The Hall–Kier alpha value is -2.12. The molecule has 2 N–H and O–H groups in total. The number of hydrogen-bond donors (Lipinski definition) is 2. The topological polar surface area (TPSA) is 111 Å². The van der Waals surface area contributed by atoms with E-state index in [1.165, 1.54) is 0 Å². The minimum atomic E-state index is -0.671. The molecule has 0 aliphatic rings. The number of carbonyl (C=O) groups is 4. The summed E-state index contributed by atoms with van der Waals surface area (Å²) in [7, 11) is 0. The summed E-state index contributed by atoms with van der Waals surface area (Å²) in [4.78, 5) is 42.5. The molecule has 0 aliphatic carbocycles. The van der Waals surface area contributed by atoms with Crippen LogP contribution in [0, 0.1) is 0 Å². The van der Waals surface area contributed by atoms with Gasteiger partial charge in [-0.2, -0.15) is 0 Å². The van der Waals surface area contributed by atoms with E-state index < -0.39 is 11.8 Å². The molecule has 0 radical (unpaired) electrons. The van der Waals surface area contributed by atoms with Crippen LogP contribution in [0.3, 0.4) is 0 Å². The van der Waals surface area contributed by atoms with Crippen LogP contribution in [0.15, 0.2) is 0 Å². The zero-order valence-corrected chi connectivity index (χ0v) is 12.0. The highest BCUT2D eigenvalue weighted by molar-refractivity contribution is 6.35. The monoisotopic (exact) mass is 302 g/mol. The Labute approximate surface area is 123 Å². The van der Waals surface area contributed by atoms with Gasteiger partial charge in [0.05, 0.1) is 13.2 Å². The fraction of sp³-hybridized carbons (Fsp3) is 0.692. The largest absolute Gasteiger partial charge is 0.468 e. The van der Waals surface area contributed by atoms with Gasteiger partial charge in [-0.05, 0) is 32.1 Å². The van der Waals surface area contributed by atoms with Crippen LogP contribution in [-0.2, 0) is 28.7 Å². The first-order chi connectivity index (χ1) is 10.2. The van der Waals surface area contributed by atoms with E-state index in [1.807, 2.05) is 0 Å². The van der Waals surface area contributed by atoms with Crippen molar-refractivity contribution in [2.75, 3.05) is 26.3 Å². The normalized spacial score (nSPS) is 9.52. The molecule has 0 unspecified atom stereocenters. The summed E-state index contributed by atoms with van der Waals surface area (Å²) in [6.07, 6.45) is 3.49. The molecule has 0 fully saturated rings. The van der Waals surface area contributed by atoms with E-state index >= 15 is 0 Å². The zero-order valence-electron chi connectivity index (χ0n) is 12.0. The third-order valence-corrected chi connectivity index (χ3v) is 2.54. The van der Waals surface area contributed by atoms with Crippen LogP contribution in [0.5, 0.6) is 0 Å². The molecule has 0 saturated carbocycles. The maximum atomic E-state index is 11.4. The summed E-state index contributed by atoms with van der Waals surface area (Å²) in [6, 6.07) is 0. The van der Waals surface area contributed by atoms with E-state index in [0.29, 0.717) is 58.5 Å². The molecule has 0 spiro atoms. The molecule has 0 bridgehead atoms. The van der Waals surface area contributed by atoms with Crippen molar-refractivity contribution in [1.82, 2.24) is 10.6 Å². The lowest BCUT2D eigenvalue weighted by molar-refractivity contribution is -0.139. The first kappa shape index (κ1) is 18.9. The molecule has 0 aromatic heterocycles. The molecule has 0 aliphatic heterocycles. The van der Waals surface area contributed by atoms with Crippen molar-refractivity contribution in [2.45, 2.75) is 32.1 Å². The standard InChI is InChI=1S/C13H22N2O6/c16-10-20-8-4-1-2-6-14-12(18)13(19)15-7-3-5-9-21-11-17/h10-11H,1-9H2,(H,14,18)(H,15,19). The SMILES string of the molecule is O=COCCCCCNC(=O)C(=O)NCCCCOC=O. The van der Waals surface area contributed by atoms with Gasteiger partial charge in [-0.25, -0.2) is 0 Å². The predicted molar refractivity (Wildman–Crippen MR) is 73.1 cm³/mol. The molecular formula is C13H22N2O6. The fourth-order valence-corrected chi connectivity index (χ4v) is 1.46. The second-order valence-corrected chi connectivity index (χ2v) is 4.21. The van der Waals surface area contributed by atoms with Crippen molar-refractivity contribution in [2.24, 2.45) is 0 Å². The van der Waals surface area contributed by atoms with Crippen molar-refractivity contribution in [3.63, 3.8) is 0 Å². The molecule has 0 heterocycles. The minimum absolute atomic E-state index is 0.305. The number of hydrogen-bond acceptors (Lipinski definition) is 6. The van der Waals surface area contributed by atoms with Gasteiger partial charge in [0.2, 0.25) is 0 Å². The molecule has 0 rings (SSSR count). The molecule has 0 aromatic rings. The molecule has 0 aromatic carbocycles. The second-order valence-electron chi connectivity index (χ2n) is 4.21. The van der Waals surface area contributed by atoms with Gasteiger partial charge in [0.1, 0.15) is 0 Å². The maximum absolute atomic E-state index is 11.4. The van der Waals surface area contributed by atoms with Crippen molar-refractivity contribution < 1.29 is 28.7 Å². The highest BCUT2D eigenvalue weighted by Gasteiger charge is 2.11. The number of amides is 2. The lowest BCUT2D eigenvalue weighted by Gasteiger charge is -2.06. The summed E-state index contributed by atoms with van der Waals surface area (Å²) >= 11 is 0. The van der Waals surface area contributed by atoms with E-state index in [4.69, 9.17) is 0 Å². The Bertz CT molecular complexity index is 322. The Balaban J connectivity index is 3.42. The Morgan fingerprint density at radius 2 is 1.14 bits per heavy atom. The molecule has 0 atom stereocenters. The van der Waals surface area contributed by atoms with E-state index in [0.717, 1.165) is 12.8 Å². The van der Waals surface area contributed by atoms with Crippen LogP contribution in [0.4, 0.5) is 0 Å². The highest BCUT2D eigenvalue weighted by Crippen LogP contribution is 1.93. The minimum Gasteiger partial charge on any atom is -0.468 e. The molecule has 0 saturated heterocycles. The number of rotatable bonds is 13. The number of unbranched alkanes of at least 4 members (excludes halogenated alkanes) is 3. The highest BCUT2D eigenvalue weighted by atomic mass is 16.5. The van der Waals surface area contributed by atoms with Crippen LogP contribution in [0.2, 0.25) is 0 Å². The van der Waals surface area contributed by atoms with Crippen molar-refractivity contribution in [1.29, 1.82) is 0 Å². The molecular weight excluding hydrogens is 280 g/mol. The van der Waals surface area contributed by atoms with E-state index in [1.54, 1.807) is 0 Å². The molecule has 8 nitrogen and oxygen atoms in total. The quantitative estimate of drug-likeness (QED) is 0.270. The van der Waals surface area contributed by atoms with Crippen molar-refractivity contribution in [3.05, 3.63) is 0 Å². The van der Waals surface area contributed by atoms with Crippen LogP contribution >= 0.6 is 0 Å². The lowest BCUT2D eigenvalue weighted by atomic mass is 10.2. The van der Waals surface area contributed by atoms with Gasteiger partial charge in [-0.15, -0.1) is 0 Å². The third-order valence-electron chi connectivity index (χ3n) is 2.54. The van der Waals surface area contributed by atoms with Gasteiger partial charge >= 0.3 is 11.8 Å². The molecule has 2 amide bonds. The summed E-state index contributed by atoms with van der Waals surface area (Å²) in [5.74, 6) is -1.33. The first-order valence-electron chi connectivity index (χ1n) is 6.89. The average Bonchev–Trinajstić information content (AvgIpc) is 2.49. The molecule has 21 heavy (non-hydrogen) atoms. The number of ether oxygens (including phenoxy) is 2.